The van der Waals surface area contributed by atoms with Crippen LogP contribution in [0.2, 0.25) is 0 Å². The van der Waals surface area contributed by atoms with Crippen LogP contribution < -0.4 is 16.2 Å². The van der Waals surface area contributed by atoms with E-state index in [0.717, 1.165) is 19.4 Å². The molecule has 18 heavy (non-hydrogen) atoms. The Hall–Kier alpha value is -1.82. The van der Waals surface area contributed by atoms with Crippen molar-refractivity contribution in [1.29, 1.82) is 0 Å². The van der Waals surface area contributed by atoms with Crippen LogP contribution in [-0.2, 0) is 0 Å². The molecular formula is C12H17N3O2S. The van der Waals surface area contributed by atoms with Crippen LogP contribution >= 0.6 is 12.2 Å². The van der Waals surface area contributed by atoms with Crippen molar-refractivity contribution >= 4 is 23.2 Å². The molecule has 0 aliphatic rings. The van der Waals surface area contributed by atoms with Crippen LogP contribution in [0.1, 0.15) is 30.1 Å². The molecule has 0 aromatic heterocycles. The fourth-order valence-corrected chi connectivity index (χ4v) is 1.41. The molecule has 4 N–H and O–H groups in total. The number of thiocarbonyl (C=S) groups is 1. The van der Waals surface area contributed by atoms with E-state index in [9.17, 15) is 9.90 Å². The van der Waals surface area contributed by atoms with Crippen LogP contribution in [0.25, 0.3) is 0 Å². The molecule has 0 unspecified atom stereocenters. The molecule has 5 nitrogen and oxygen atoms in total. The first-order valence-corrected chi connectivity index (χ1v) is 6.17. The fourth-order valence-electron chi connectivity index (χ4n) is 1.26. The smallest absolute Gasteiger partial charge is 0.269 e. The SMILES string of the molecule is CCCCNC(=S)NNC(=O)c1cccc(O)c1. The minimum absolute atomic E-state index is 0.0475. The van der Waals surface area contributed by atoms with Gasteiger partial charge in [-0.05, 0) is 36.8 Å². The van der Waals surface area contributed by atoms with Gasteiger partial charge in [0.15, 0.2) is 5.11 Å². The highest BCUT2D eigenvalue weighted by atomic mass is 32.1. The Morgan fingerprint density at radius 1 is 1.39 bits per heavy atom. The molecule has 1 amide bonds. The number of rotatable bonds is 4. The second kappa shape index (κ2) is 7.50. The molecule has 0 spiro atoms. The Balaban J connectivity index is 2.35. The van der Waals surface area contributed by atoms with E-state index in [1.807, 2.05) is 0 Å². The Bertz CT molecular complexity index is 424. The fraction of sp³-hybridized carbons (Fsp3) is 0.333. The maximum absolute atomic E-state index is 11.7. The van der Waals surface area contributed by atoms with Gasteiger partial charge in [-0.15, -0.1) is 0 Å². The summed E-state index contributed by atoms with van der Waals surface area (Å²) in [6, 6.07) is 6.08. The third kappa shape index (κ3) is 5.01. The predicted molar refractivity (Wildman–Crippen MR) is 74.2 cm³/mol. The van der Waals surface area contributed by atoms with Gasteiger partial charge in [-0.1, -0.05) is 19.4 Å². The first-order chi connectivity index (χ1) is 8.63. The monoisotopic (exact) mass is 267 g/mol. The number of carbonyl (C=O) groups is 1. The van der Waals surface area contributed by atoms with Crippen molar-refractivity contribution < 1.29 is 9.90 Å². The second-order valence-electron chi connectivity index (χ2n) is 3.74. The molecule has 1 aromatic rings. The minimum atomic E-state index is -0.356. The Kier molecular flexibility index (Phi) is 5.93. The molecule has 1 aromatic carbocycles. The molecule has 0 radical (unpaired) electrons. The molecule has 0 fully saturated rings. The summed E-state index contributed by atoms with van der Waals surface area (Å²) in [6.07, 6.45) is 2.09. The van der Waals surface area contributed by atoms with Crippen molar-refractivity contribution in [3.05, 3.63) is 29.8 Å². The third-order valence-electron chi connectivity index (χ3n) is 2.21. The van der Waals surface area contributed by atoms with E-state index in [4.69, 9.17) is 12.2 Å². The predicted octanol–water partition coefficient (Wildman–Crippen LogP) is 1.30. The van der Waals surface area contributed by atoms with Gasteiger partial charge in [-0.2, -0.15) is 0 Å². The summed E-state index contributed by atoms with van der Waals surface area (Å²) in [5.41, 5.74) is 5.41. The quantitative estimate of drug-likeness (QED) is 0.376. The topological polar surface area (TPSA) is 73.4 Å². The molecule has 0 bridgehead atoms. The number of aromatic hydroxyl groups is 1. The zero-order valence-corrected chi connectivity index (χ0v) is 11.0. The number of hydrogen-bond donors (Lipinski definition) is 4. The second-order valence-corrected chi connectivity index (χ2v) is 4.15. The van der Waals surface area contributed by atoms with Crippen molar-refractivity contribution in [2.75, 3.05) is 6.54 Å². The van der Waals surface area contributed by atoms with Gasteiger partial charge in [0, 0.05) is 12.1 Å². The van der Waals surface area contributed by atoms with E-state index in [1.165, 1.54) is 12.1 Å². The number of hydrogen-bond acceptors (Lipinski definition) is 3. The molecule has 0 atom stereocenters. The molecule has 0 saturated carbocycles. The van der Waals surface area contributed by atoms with Gasteiger partial charge >= 0.3 is 0 Å². The maximum atomic E-state index is 11.7. The highest BCUT2D eigenvalue weighted by molar-refractivity contribution is 7.80. The zero-order valence-electron chi connectivity index (χ0n) is 10.2. The van der Waals surface area contributed by atoms with Gasteiger partial charge in [0.2, 0.25) is 0 Å². The minimum Gasteiger partial charge on any atom is -0.508 e. The van der Waals surface area contributed by atoms with Gasteiger partial charge in [-0.3, -0.25) is 15.6 Å². The van der Waals surface area contributed by atoms with E-state index < -0.39 is 0 Å². The first kappa shape index (κ1) is 14.2. The number of amides is 1. The van der Waals surface area contributed by atoms with Gasteiger partial charge in [0.1, 0.15) is 5.75 Å². The highest BCUT2D eigenvalue weighted by Gasteiger charge is 2.05. The lowest BCUT2D eigenvalue weighted by molar-refractivity contribution is 0.0943. The highest BCUT2D eigenvalue weighted by Crippen LogP contribution is 2.10. The van der Waals surface area contributed by atoms with Gasteiger partial charge < -0.3 is 10.4 Å². The Morgan fingerprint density at radius 3 is 2.83 bits per heavy atom. The molecule has 0 aliphatic carbocycles. The van der Waals surface area contributed by atoms with Gasteiger partial charge in [0.25, 0.3) is 5.91 Å². The summed E-state index contributed by atoms with van der Waals surface area (Å²) in [6.45, 7) is 2.85. The summed E-state index contributed by atoms with van der Waals surface area (Å²) >= 11 is 4.98. The number of benzene rings is 1. The molecule has 1 rings (SSSR count). The van der Waals surface area contributed by atoms with Crippen molar-refractivity contribution in [2.24, 2.45) is 0 Å². The van der Waals surface area contributed by atoms with Crippen LogP contribution in [0.15, 0.2) is 24.3 Å². The number of phenols is 1. The lowest BCUT2D eigenvalue weighted by Gasteiger charge is -2.11. The number of carbonyl (C=O) groups excluding carboxylic acids is 1. The molecular weight excluding hydrogens is 250 g/mol. The Morgan fingerprint density at radius 2 is 2.17 bits per heavy atom. The van der Waals surface area contributed by atoms with Crippen LogP contribution in [0.5, 0.6) is 5.75 Å². The van der Waals surface area contributed by atoms with Crippen molar-refractivity contribution in [3.63, 3.8) is 0 Å². The van der Waals surface area contributed by atoms with E-state index in [0.29, 0.717) is 10.7 Å². The maximum Gasteiger partial charge on any atom is 0.269 e. The summed E-state index contributed by atoms with van der Waals surface area (Å²) in [5, 5.41) is 12.6. The average Bonchev–Trinajstić information content (AvgIpc) is 2.36. The van der Waals surface area contributed by atoms with Gasteiger partial charge in [-0.25, -0.2) is 0 Å². The van der Waals surface area contributed by atoms with Crippen LogP contribution in [-0.4, -0.2) is 22.7 Å². The summed E-state index contributed by atoms with van der Waals surface area (Å²) in [5.74, 6) is -0.308. The lowest BCUT2D eigenvalue weighted by Crippen LogP contribution is -2.46. The summed E-state index contributed by atoms with van der Waals surface area (Å²) < 4.78 is 0. The normalized spacial score (nSPS) is 9.61. The van der Waals surface area contributed by atoms with E-state index in [-0.39, 0.29) is 11.7 Å². The summed E-state index contributed by atoms with van der Waals surface area (Å²) in [7, 11) is 0. The molecule has 0 saturated heterocycles. The van der Waals surface area contributed by atoms with Crippen LogP contribution in [0.3, 0.4) is 0 Å². The Labute approximate surface area is 112 Å². The van der Waals surface area contributed by atoms with Crippen LogP contribution in [0, 0.1) is 0 Å². The number of unbranched alkanes of at least 4 members (excludes halogenated alkanes) is 1. The standard InChI is InChI=1S/C12H17N3O2S/c1-2-3-7-13-12(18)15-14-11(17)9-5-4-6-10(16)8-9/h4-6,8,16H,2-3,7H2,1H3,(H,14,17)(H2,13,15,18). The zero-order chi connectivity index (χ0) is 13.4. The number of phenolic OH excluding ortho intramolecular Hbond substituents is 1. The molecule has 6 heteroatoms. The van der Waals surface area contributed by atoms with Crippen molar-refractivity contribution in [2.45, 2.75) is 19.8 Å². The van der Waals surface area contributed by atoms with Gasteiger partial charge in [0.05, 0.1) is 0 Å². The molecule has 0 heterocycles. The lowest BCUT2D eigenvalue weighted by atomic mass is 10.2. The number of hydrazine groups is 1. The van der Waals surface area contributed by atoms with E-state index in [1.54, 1.807) is 12.1 Å². The van der Waals surface area contributed by atoms with Crippen LogP contribution in [0.4, 0.5) is 0 Å². The van der Waals surface area contributed by atoms with E-state index >= 15 is 0 Å². The molecule has 0 aliphatic heterocycles. The molecule has 98 valence electrons. The third-order valence-corrected chi connectivity index (χ3v) is 2.46. The average molecular weight is 267 g/mol. The summed E-state index contributed by atoms with van der Waals surface area (Å²) in [4.78, 5) is 11.7. The van der Waals surface area contributed by atoms with Crippen molar-refractivity contribution in [3.8, 4) is 5.75 Å². The number of nitrogens with one attached hydrogen (secondary N) is 3. The first-order valence-electron chi connectivity index (χ1n) is 5.76. The van der Waals surface area contributed by atoms with Crippen molar-refractivity contribution in [1.82, 2.24) is 16.2 Å². The van der Waals surface area contributed by atoms with E-state index in [2.05, 4.69) is 23.1 Å². The largest absolute Gasteiger partial charge is 0.508 e.